The minimum Gasteiger partial charge on any atom is -0.497 e. The van der Waals surface area contributed by atoms with Crippen molar-refractivity contribution >= 4 is 28.0 Å². The fourth-order valence-electron chi connectivity index (χ4n) is 1.59. The number of rotatable bonds is 7. The van der Waals surface area contributed by atoms with Gasteiger partial charge in [0, 0.05) is 6.08 Å². The minimum absolute atomic E-state index is 0.164. The van der Waals surface area contributed by atoms with Gasteiger partial charge in [-0.1, -0.05) is 0 Å². The molecule has 0 spiro atoms. The fourth-order valence-corrected chi connectivity index (χ4v) is 1.91. The van der Waals surface area contributed by atoms with Gasteiger partial charge in [-0.2, -0.15) is 0 Å². The topological polar surface area (TPSA) is 57.9 Å². The highest BCUT2D eigenvalue weighted by atomic mass is 79.9. The molecule has 0 fully saturated rings. The number of hydrogen-bond donors (Lipinski definition) is 0. The number of ether oxygens (including phenoxy) is 3. The van der Waals surface area contributed by atoms with Gasteiger partial charge in [0.1, 0.15) is 30.5 Å². The van der Waals surface area contributed by atoms with Gasteiger partial charge in [0.25, 0.3) is 0 Å². The van der Waals surface area contributed by atoms with Crippen molar-refractivity contribution < 1.29 is 23.4 Å². The number of esters is 1. The van der Waals surface area contributed by atoms with E-state index in [2.05, 4.69) is 15.9 Å². The van der Waals surface area contributed by atoms with Crippen LogP contribution in [0.4, 0.5) is 0 Å². The van der Waals surface area contributed by atoms with Crippen LogP contribution < -0.4 is 9.47 Å². The number of hydrogen-bond acceptors (Lipinski definition) is 5. The highest BCUT2D eigenvalue weighted by Gasteiger charge is 2.00. The van der Waals surface area contributed by atoms with Crippen molar-refractivity contribution in [3.63, 3.8) is 0 Å². The van der Waals surface area contributed by atoms with E-state index in [1.165, 1.54) is 12.2 Å². The Hall–Kier alpha value is -2.21. The second-order valence-corrected chi connectivity index (χ2v) is 4.95. The molecule has 0 aliphatic carbocycles. The van der Waals surface area contributed by atoms with Crippen LogP contribution in [0, 0.1) is 0 Å². The van der Waals surface area contributed by atoms with Crippen LogP contribution in [-0.4, -0.2) is 26.3 Å². The van der Waals surface area contributed by atoms with Gasteiger partial charge in [0.15, 0.2) is 4.67 Å². The van der Waals surface area contributed by atoms with E-state index in [9.17, 15) is 4.79 Å². The van der Waals surface area contributed by atoms with E-state index in [-0.39, 0.29) is 13.2 Å². The molecule has 0 saturated carbocycles. The summed E-state index contributed by atoms with van der Waals surface area (Å²) in [6.45, 7) is 0.440. The smallest absolute Gasteiger partial charge is 0.331 e. The summed E-state index contributed by atoms with van der Waals surface area (Å²) in [6, 6.07) is 10.6. The van der Waals surface area contributed by atoms with Crippen LogP contribution in [0.15, 0.2) is 51.6 Å². The summed E-state index contributed by atoms with van der Waals surface area (Å²) >= 11 is 3.18. The average molecular weight is 367 g/mol. The number of furan rings is 1. The lowest BCUT2D eigenvalue weighted by Crippen LogP contribution is -2.10. The van der Waals surface area contributed by atoms with Crippen LogP contribution in [0.2, 0.25) is 0 Å². The second-order valence-electron chi connectivity index (χ2n) is 4.17. The van der Waals surface area contributed by atoms with Gasteiger partial charge in [0.2, 0.25) is 0 Å². The molecule has 1 heterocycles. The van der Waals surface area contributed by atoms with E-state index in [0.29, 0.717) is 16.2 Å². The Morgan fingerprint density at radius 2 is 1.86 bits per heavy atom. The van der Waals surface area contributed by atoms with Crippen LogP contribution >= 0.6 is 15.9 Å². The molecular formula is C16H15BrO5. The third-order valence-corrected chi connectivity index (χ3v) is 3.06. The molecule has 0 bridgehead atoms. The van der Waals surface area contributed by atoms with Gasteiger partial charge in [0.05, 0.1) is 7.11 Å². The number of benzene rings is 1. The van der Waals surface area contributed by atoms with Crippen molar-refractivity contribution in [1.29, 1.82) is 0 Å². The van der Waals surface area contributed by atoms with Crippen LogP contribution in [0.25, 0.3) is 6.08 Å². The molecule has 6 heteroatoms. The Morgan fingerprint density at radius 1 is 1.14 bits per heavy atom. The normalized spacial score (nSPS) is 10.6. The van der Waals surface area contributed by atoms with E-state index in [0.717, 1.165) is 5.75 Å². The lowest BCUT2D eigenvalue weighted by Gasteiger charge is -2.07. The van der Waals surface area contributed by atoms with Crippen LogP contribution in [0.5, 0.6) is 11.5 Å². The maximum Gasteiger partial charge on any atom is 0.331 e. The third kappa shape index (κ3) is 5.29. The molecule has 0 N–H and O–H groups in total. The average Bonchev–Trinajstić information content (AvgIpc) is 2.96. The van der Waals surface area contributed by atoms with Crippen LogP contribution in [-0.2, 0) is 9.53 Å². The summed E-state index contributed by atoms with van der Waals surface area (Å²) in [7, 11) is 1.60. The maximum absolute atomic E-state index is 11.5. The zero-order valence-corrected chi connectivity index (χ0v) is 13.5. The first-order valence-corrected chi connectivity index (χ1v) is 7.34. The van der Waals surface area contributed by atoms with Gasteiger partial charge in [-0.3, -0.25) is 0 Å². The molecule has 0 saturated heterocycles. The van der Waals surface area contributed by atoms with Crippen molar-refractivity contribution in [1.82, 2.24) is 0 Å². The zero-order chi connectivity index (χ0) is 15.8. The molecule has 0 aliphatic heterocycles. The molecule has 0 amide bonds. The summed E-state index contributed by atoms with van der Waals surface area (Å²) < 4.78 is 21.3. The van der Waals surface area contributed by atoms with Gasteiger partial charge in [-0.05, 0) is 58.4 Å². The first kappa shape index (κ1) is 16.2. The van der Waals surface area contributed by atoms with E-state index in [4.69, 9.17) is 18.6 Å². The number of methoxy groups -OCH3 is 1. The van der Waals surface area contributed by atoms with Crippen molar-refractivity contribution in [2.75, 3.05) is 20.3 Å². The molecule has 0 unspecified atom stereocenters. The van der Waals surface area contributed by atoms with Crippen molar-refractivity contribution in [2.45, 2.75) is 0 Å². The molecule has 2 aromatic rings. The minimum atomic E-state index is -0.453. The molecule has 22 heavy (non-hydrogen) atoms. The highest BCUT2D eigenvalue weighted by molar-refractivity contribution is 9.10. The Kier molecular flexibility index (Phi) is 6.09. The molecule has 116 valence electrons. The van der Waals surface area contributed by atoms with Gasteiger partial charge < -0.3 is 18.6 Å². The maximum atomic E-state index is 11.5. The summed E-state index contributed by atoms with van der Waals surface area (Å²) in [5.41, 5.74) is 0. The molecular weight excluding hydrogens is 352 g/mol. The van der Waals surface area contributed by atoms with E-state index in [1.807, 2.05) is 0 Å². The predicted octanol–water partition coefficient (Wildman–Crippen LogP) is 3.69. The van der Waals surface area contributed by atoms with E-state index >= 15 is 0 Å². The zero-order valence-electron chi connectivity index (χ0n) is 12.0. The molecule has 1 aromatic heterocycles. The lowest BCUT2D eigenvalue weighted by molar-refractivity contribution is -0.138. The fraction of sp³-hybridized carbons (Fsp3) is 0.188. The molecule has 0 aliphatic rings. The second kappa shape index (κ2) is 8.29. The van der Waals surface area contributed by atoms with E-state index < -0.39 is 5.97 Å². The number of carbonyl (C=O) groups is 1. The van der Waals surface area contributed by atoms with Crippen LogP contribution in [0.1, 0.15) is 5.76 Å². The Morgan fingerprint density at radius 3 is 2.50 bits per heavy atom. The first-order chi connectivity index (χ1) is 10.7. The SMILES string of the molecule is COc1ccc(OCCOC(=O)/C=C/c2ccc(Br)o2)cc1. The first-order valence-electron chi connectivity index (χ1n) is 6.54. The van der Waals surface area contributed by atoms with Crippen molar-refractivity contribution in [3.05, 3.63) is 52.9 Å². The van der Waals surface area contributed by atoms with Gasteiger partial charge in [-0.15, -0.1) is 0 Å². The summed E-state index contributed by atoms with van der Waals surface area (Å²) in [6.07, 6.45) is 2.84. The summed E-state index contributed by atoms with van der Waals surface area (Å²) in [5, 5.41) is 0. The number of halogens is 1. The van der Waals surface area contributed by atoms with Crippen molar-refractivity contribution in [3.8, 4) is 11.5 Å². The number of carbonyl (C=O) groups excluding carboxylic acids is 1. The molecule has 0 radical (unpaired) electrons. The monoisotopic (exact) mass is 366 g/mol. The lowest BCUT2D eigenvalue weighted by atomic mass is 10.3. The summed E-state index contributed by atoms with van der Waals surface area (Å²) in [4.78, 5) is 11.5. The molecule has 0 atom stereocenters. The van der Waals surface area contributed by atoms with Crippen molar-refractivity contribution in [2.24, 2.45) is 0 Å². The van der Waals surface area contributed by atoms with Gasteiger partial charge in [-0.25, -0.2) is 4.79 Å². The highest BCUT2D eigenvalue weighted by Crippen LogP contribution is 2.17. The third-order valence-electron chi connectivity index (χ3n) is 2.63. The molecule has 1 aromatic carbocycles. The Bertz CT molecular complexity index is 630. The quantitative estimate of drug-likeness (QED) is 0.425. The predicted molar refractivity (Wildman–Crippen MR) is 84.9 cm³/mol. The van der Waals surface area contributed by atoms with Crippen LogP contribution in [0.3, 0.4) is 0 Å². The largest absolute Gasteiger partial charge is 0.497 e. The Balaban J connectivity index is 1.67. The standard InChI is InChI=1S/C16H15BrO5/c1-19-12-2-4-13(5-3-12)20-10-11-21-16(18)9-7-14-6-8-15(17)22-14/h2-9H,10-11H2,1H3/b9-7+. The van der Waals surface area contributed by atoms with Gasteiger partial charge >= 0.3 is 5.97 Å². The Labute approximate surface area is 136 Å². The van der Waals surface area contributed by atoms with E-state index in [1.54, 1.807) is 43.5 Å². The molecule has 2 rings (SSSR count). The summed E-state index contributed by atoms with van der Waals surface area (Å²) in [5.74, 6) is 1.56. The molecule has 5 nitrogen and oxygen atoms in total.